The van der Waals surface area contributed by atoms with Crippen LogP contribution in [0.3, 0.4) is 0 Å². The van der Waals surface area contributed by atoms with Gasteiger partial charge in [-0.05, 0) is 33.6 Å². The summed E-state index contributed by atoms with van der Waals surface area (Å²) in [5.74, 6) is 2.44. The number of aromatic nitrogens is 2. The molecule has 0 saturated carbocycles. The molecule has 7 heteroatoms. The van der Waals surface area contributed by atoms with Crippen molar-refractivity contribution in [2.75, 3.05) is 17.8 Å². The molecule has 0 amide bonds. The van der Waals surface area contributed by atoms with Crippen LogP contribution in [0, 0.1) is 0 Å². The Kier molecular flexibility index (Phi) is 3.12. The number of ether oxygens (including phenoxy) is 2. The lowest BCUT2D eigenvalue weighted by molar-refractivity contribution is 0.174. The van der Waals surface area contributed by atoms with Crippen molar-refractivity contribution in [2.24, 2.45) is 0 Å². The van der Waals surface area contributed by atoms with E-state index in [-0.39, 0.29) is 6.79 Å². The number of rotatable bonds is 3. The second-order valence-electron chi connectivity index (χ2n) is 3.97. The van der Waals surface area contributed by atoms with Gasteiger partial charge in [0.25, 0.3) is 0 Å². The Morgan fingerprint density at radius 2 is 2.16 bits per heavy atom. The molecule has 0 fully saturated rings. The quantitative estimate of drug-likeness (QED) is 0.901. The first-order valence-corrected chi connectivity index (χ1v) is 6.42. The van der Waals surface area contributed by atoms with Gasteiger partial charge in [0.1, 0.15) is 4.60 Å². The number of benzene rings is 1. The predicted molar refractivity (Wildman–Crippen MR) is 74.0 cm³/mol. The molecule has 6 nitrogen and oxygen atoms in total. The highest BCUT2D eigenvalue weighted by Gasteiger charge is 2.13. The molecule has 0 saturated heterocycles. The van der Waals surface area contributed by atoms with Crippen LogP contribution in [0.5, 0.6) is 11.5 Å². The predicted octanol–water partition coefficient (Wildman–Crippen LogP) is 2.16. The number of nitrogens with one attached hydrogen (secondary N) is 1. The van der Waals surface area contributed by atoms with E-state index in [9.17, 15) is 0 Å². The first-order chi connectivity index (χ1) is 9.22. The molecule has 1 aromatic carbocycles. The largest absolute Gasteiger partial charge is 0.454 e. The van der Waals surface area contributed by atoms with Crippen molar-refractivity contribution in [3.8, 4) is 11.5 Å². The van der Waals surface area contributed by atoms with Crippen LogP contribution >= 0.6 is 15.9 Å². The van der Waals surface area contributed by atoms with Gasteiger partial charge in [0, 0.05) is 6.54 Å². The zero-order valence-corrected chi connectivity index (χ0v) is 11.5. The summed E-state index contributed by atoms with van der Waals surface area (Å²) < 4.78 is 11.2. The third kappa shape index (κ3) is 2.55. The van der Waals surface area contributed by atoms with Crippen LogP contribution in [0.15, 0.2) is 29.0 Å². The zero-order chi connectivity index (χ0) is 13.2. The molecule has 3 rings (SSSR count). The van der Waals surface area contributed by atoms with Crippen LogP contribution < -0.4 is 20.5 Å². The number of halogens is 1. The van der Waals surface area contributed by atoms with Gasteiger partial charge in [-0.25, -0.2) is 9.97 Å². The molecule has 0 atom stereocenters. The van der Waals surface area contributed by atoms with Crippen molar-refractivity contribution < 1.29 is 9.47 Å². The number of hydrogen-bond acceptors (Lipinski definition) is 6. The lowest BCUT2D eigenvalue weighted by Gasteiger charge is -2.08. The molecular weight excluding hydrogens is 312 g/mol. The SMILES string of the molecule is Nc1ncc(Br)nc1NCc1ccc2c(c1)OCO2. The second-order valence-corrected chi connectivity index (χ2v) is 4.78. The summed E-state index contributed by atoms with van der Waals surface area (Å²) in [6.07, 6.45) is 1.56. The highest BCUT2D eigenvalue weighted by Crippen LogP contribution is 2.32. The molecule has 98 valence electrons. The van der Waals surface area contributed by atoms with Gasteiger partial charge in [0.2, 0.25) is 6.79 Å². The van der Waals surface area contributed by atoms with Crippen molar-refractivity contribution in [1.29, 1.82) is 0 Å². The normalized spacial score (nSPS) is 12.5. The highest BCUT2D eigenvalue weighted by atomic mass is 79.9. The van der Waals surface area contributed by atoms with Gasteiger partial charge in [0.15, 0.2) is 23.1 Å². The van der Waals surface area contributed by atoms with Gasteiger partial charge in [-0.1, -0.05) is 6.07 Å². The molecule has 0 bridgehead atoms. The Labute approximate surface area is 118 Å². The molecule has 1 aromatic heterocycles. The Balaban J connectivity index is 1.74. The average Bonchev–Trinajstić information content (AvgIpc) is 2.87. The van der Waals surface area contributed by atoms with E-state index in [1.165, 1.54) is 0 Å². The fraction of sp³-hybridized carbons (Fsp3) is 0.167. The van der Waals surface area contributed by atoms with E-state index in [0.717, 1.165) is 17.1 Å². The molecule has 0 aliphatic carbocycles. The van der Waals surface area contributed by atoms with E-state index in [1.54, 1.807) is 6.20 Å². The summed E-state index contributed by atoms with van der Waals surface area (Å²) >= 11 is 3.26. The number of anilines is 2. The Morgan fingerprint density at radius 1 is 1.32 bits per heavy atom. The maximum Gasteiger partial charge on any atom is 0.231 e. The molecular formula is C12H11BrN4O2. The summed E-state index contributed by atoms with van der Waals surface area (Å²) in [7, 11) is 0. The van der Waals surface area contributed by atoms with Crippen molar-refractivity contribution in [3.63, 3.8) is 0 Å². The van der Waals surface area contributed by atoms with Crippen molar-refractivity contribution in [2.45, 2.75) is 6.54 Å². The molecule has 0 spiro atoms. The molecule has 2 heterocycles. The van der Waals surface area contributed by atoms with Crippen molar-refractivity contribution in [1.82, 2.24) is 9.97 Å². The van der Waals surface area contributed by atoms with E-state index in [4.69, 9.17) is 15.2 Å². The standard InChI is InChI=1S/C12H11BrN4O2/c13-10-5-15-11(14)12(17-10)16-4-7-1-2-8-9(3-7)19-6-18-8/h1-3,5H,4,6H2,(H2,14,15)(H,16,17). The summed E-state index contributed by atoms with van der Waals surface area (Å²) in [5.41, 5.74) is 6.79. The lowest BCUT2D eigenvalue weighted by atomic mass is 10.2. The minimum atomic E-state index is 0.274. The smallest absolute Gasteiger partial charge is 0.231 e. The fourth-order valence-corrected chi connectivity index (χ4v) is 2.02. The first-order valence-electron chi connectivity index (χ1n) is 5.63. The summed E-state index contributed by atoms with van der Waals surface area (Å²) in [6.45, 7) is 0.849. The Hall–Kier alpha value is -2.02. The monoisotopic (exact) mass is 322 g/mol. The maximum absolute atomic E-state index is 5.74. The number of fused-ring (bicyclic) bond motifs is 1. The number of hydrogen-bond donors (Lipinski definition) is 2. The van der Waals surface area contributed by atoms with E-state index in [0.29, 0.717) is 22.8 Å². The summed E-state index contributed by atoms with van der Waals surface area (Å²) in [5, 5.41) is 3.14. The lowest BCUT2D eigenvalue weighted by Crippen LogP contribution is -2.06. The Bertz CT molecular complexity index is 621. The number of nitrogen functional groups attached to an aromatic ring is 1. The summed E-state index contributed by atoms with van der Waals surface area (Å²) in [4.78, 5) is 8.23. The molecule has 1 aliphatic heterocycles. The maximum atomic E-state index is 5.74. The van der Waals surface area contributed by atoms with Crippen LogP contribution in [-0.4, -0.2) is 16.8 Å². The number of nitrogens with zero attached hydrogens (tertiary/aromatic N) is 2. The highest BCUT2D eigenvalue weighted by molar-refractivity contribution is 9.10. The average molecular weight is 323 g/mol. The van der Waals surface area contributed by atoms with Gasteiger partial charge in [-0.15, -0.1) is 0 Å². The minimum Gasteiger partial charge on any atom is -0.454 e. The van der Waals surface area contributed by atoms with Crippen LogP contribution in [0.1, 0.15) is 5.56 Å². The van der Waals surface area contributed by atoms with Crippen LogP contribution in [0.2, 0.25) is 0 Å². The Morgan fingerprint density at radius 3 is 3.05 bits per heavy atom. The van der Waals surface area contributed by atoms with E-state index >= 15 is 0 Å². The first kappa shape index (κ1) is 12.0. The molecule has 19 heavy (non-hydrogen) atoms. The minimum absolute atomic E-state index is 0.274. The van der Waals surface area contributed by atoms with Gasteiger partial charge in [0.05, 0.1) is 6.20 Å². The van der Waals surface area contributed by atoms with E-state index in [2.05, 4.69) is 31.2 Å². The third-order valence-electron chi connectivity index (χ3n) is 2.67. The fourth-order valence-electron chi connectivity index (χ4n) is 1.74. The molecule has 0 radical (unpaired) electrons. The van der Waals surface area contributed by atoms with Crippen LogP contribution in [-0.2, 0) is 6.54 Å². The van der Waals surface area contributed by atoms with Crippen LogP contribution in [0.25, 0.3) is 0 Å². The van der Waals surface area contributed by atoms with Crippen LogP contribution in [0.4, 0.5) is 11.6 Å². The van der Waals surface area contributed by atoms with Gasteiger partial charge >= 0.3 is 0 Å². The van der Waals surface area contributed by atoms with Gasteiger partial charge in [-0.3, -0.25) is 0 Å². The second kappa shape index (κ2) is 4.93. The topological polar surface area (TPSA) is 82.3 Å². The molecule has 1 aliphatic rings. The third-order valence-corrected chi connectivity index (χ3v) is 3.05. The van der Waals surface area contributed by atoms with E-state index < -0.39 is 0 Å². The molecule has 3 N–H and O–H groups in total. The summed E-state index contributed by atoms with van der Waals surface area (Å²) in [6, 6.07) is 5.77. The number of nitrogens with two attached hydrogens (primary N) is 1. The van der Waals surface area contributed by atoms with E-state index in [1.807, 2.05) is 18.2 Å². The zero-order valence-electron chi connectivity index (χ0n) is 9.89. The van der Waals surface area contributed by atoms with Crippen molar-refractivity contribution >= 4 is 27.6 Å². The van der Waals surface area contributed by atoms with Crippen molar-refractivity contribution in [3.05, 3.63) is 34.6 Å². The molecule has 0 unspecified atom stereocenters. The van der Waals surface area contributed by atoms with Gasteiger partial charge in [-0.2, -0.15) is 0 Å². The van der Waals surface area contributed by atoms with Gasteiger partial charge < -0.3 is 20.5 Å². The molecule has 2 aromatic rings.